The molecule has 1 amide bonds. The van der Waals surface area contributed by atoms with Crippen molar-refractivity contribution in [1.29, 1.82) is 0 Å². The Kier molecular flexibility index (Phi) is 4.42. The smallest absolute Gasteiger partial charge is 0.225 e. The Bertz CT molecular complexity index is 630. The molecule has 0 aromatic carbocycles. The van der Waals surface area contributed by atoms with Crippen molar-refractivity contribution in [2.75, 3.05) is 12.3 Å². The van der Waals surface area contributed by atoms with Gasteiger partial charge < -0.3 is 10.3 Å². The van der Waals surface area contributed by atoms with Crippen LogP contribution in [0.5, 0.6) is 0 Å². The van der Waals surface area contributed by atoms with E-state index >= 15 is 0 Å². The molecule has 2 N–H and O–H groups in total. The monoisotopic (exact) mass is 320 g/mol. The van der Waals surface area contributed by atoms with Gasteiger partial charge >= 0.3 is 0 Å². The average Bonchev–Trinajstić information content (AvgIpc) is 2.79. The summed E-state index contributed by atoms with van der Waals surface area (Å²) in [5.41, 5.74) is 0.902. The lowest BCUT2D eigenvalue weighted by Gasteiger charge is -2.10. The van der Waals surface area contributed by atoms with Crippen molar-refractivity contribution in [3.8, 4) is 0 Å². The van der Waals surface area contributed by atoms with Gasteiger partial charge in [0, 0.05) is 17.1 Å². The third kappa shape index (κ3) is 3.64. The minimum atomic E-state index is -2.99. The third-order valence-corrected chi connectivity index (χ3v) is 6.85. The van der Waals surface area contributed by atoms with Gasteiger partial charge in [-0.3, -0.25) is 4.79 Å². The van der Waals surface area contributed by atoms with Gasteiger partial charge in [-0.25, -0.2) is 8.42 Å². The summed E-state index contributed by atoms with van der Waals surface area (Å²) in [5, 5.41) is 2.29. The van der Waals surface area contributed by atoms with E-state index < -0.39 is 15.1 Å². The van der Waals surface area contributed by atoms with E-state index in [-0.39, 0.29) is 24.6 Å². The van der Waals surface area contributed by atoms with E-state index in [1.807, 2.05) is 6.92 Å². The molecule has 1 aromatic rings. The number of hydrogen-bond donors (Lipinski definition) is 2. The highest BCUT2D eigenvalue weighted by molar-refractivity contribution is 7.92. The summed E-state index contributed by atoms with van der Waals surface area (Å²) in [6.45, 7) is 2.09. The van der Waals surface area contributed by atoms with Crippen LogP contribution in [0.2, 0.25) is 0 Å². The molecule has 0 aliphatic carbocycles. The second-order valence-corrected chi connectivity index (χ2v) is 8.85. The first-order valence-electron chi connectivity index (χ1n) is 6.05. The Hall–Kier alpha value is -0.730. The first-order valence-corrected chi connectivity index (χ1v) is 8.99. The maximum absolute atomic E-state index is 11.8. The molecule has 8 heteroatoms. The number of carbonyl (C=O) groups is 1. The quantitative estimate of drug-likeness (QED) is 0.821. The SMILES string of the molecule is Cc1[nH]c(=S)sc1CC(=O)NC[C@@H]1CCCS1(=O)=O. The van der Waals surface area contributed by atoms with E-state index in [1.165, 1.54) is 11.3 Å². The van der Waals surface area contributed by atoms with Crippen LogP contribution in [0.1, 0.15) is 23.4 Å². The van der Waals surface area contributed by atoms with Crippen molar-refractivity contribution >= 4 is 39.3 Å². The Balaban J connectivity index is 1.89. The lowest BCUT2D eigenvalue weighted by Crippen LogP contribution is -2.35. The summed E-state index contributed by atoms with van der Waals surface area (Å²) >= 11 is 6.39. The van der Waals surface area contributed by atoms with Gasteiger partial charge in [0.2, 0.25) is 5.91 Å². The lowest BCUT2D eigenvalue weighted by molar-refractivity contribution is -0.120. The number of sulfone groups is 1. The highest BCUT2D eigenvalue weighted by Crippen LogP contribution is 2.19. The predicted molar refractivity (Wildman–Crippen MR) is 77.8 cm³/mol. The first kappa shape index (κ1) is 14.7. The van der Waals surface area contributed by atoms with Crippen molar-refractivity contribution in [3.63, 3.8) is 0 Å². The number of aromatic amines is 1. The van der Waals surface area contributed by atoms with Crippen molar-refractivity contribution in [2.45, 2.75) is 31.4 Å². The van der Waals surface area contributed by atoms with Crippen LogP contribution in [0, 0.1) is 10.9 Å². The Morgan fingerprint density at radius 1 is 1.58 bits per heavy atom. The van der Waals surface area contributed by atoms with Crippen LogP contribution in [0.3, 0.4) is 0 Å². The van der Waals surface area contributed by atoms with E-state index in [9.17, 15) is 13.2 Å². The molecule has 2 heterocycles. The van der Waals surface area contributed by atoms with Gasteiger partial charge in [-0.05, 0) is 32.0 Å². The van der Waals surface area contributed by atoms with Crippen LogP contribution in [-0.4, -0.2) is 36.9 Å². The minimum absolute atomic E-state index is 0.157. The second kappa shape index (κ2) is 5.72. The van der Waals surface area contributed by atoms with Crippen LogP contribution in [0.4, 0.5) is 0 Å². The van der Waals surface area contributed by atoms with Gasteiger partial charge in [-0.2, -0.15) is 0 Å². The summed E-state index contributed by atoms with van der Waals surface area (Å²) in [4.78, 5) is 15.7. The fourth-order valence-corrected chi connectivity index (χ4v) is 5.18. The second-order valence-electron chi connectivity index (χ2n) is 4.67. The molecule has 1 saturated heterocycles. The molecule has 5 nitrogen and oxygen atoms in total. The summed E-state index contributed by atoms with van der Waals surface area (Å²) in [5.74, 6) is 0.0849. The van der Waals surface area contributed by atoms with Crippen LogP contribution >= 0.6 is 23.6 Å². The molecule has 0 saturated carbocycles. The number of rotatable bonds is 4. The van der Waals surface area contributed by atoms with Gasteiger partial charge in [0.05, 0.1) is 17.4 Å². The number of aryl methyl sites for hydroxylation is 1. The summed E-state index contributed by atoms with van der Waals surface area (Å²) in [6, 6.07) is 0. The van der Waals surface area contributed by atoms with Gasteiger partial charge in [-0.1, -0.05) is 0 Å². The molecule has 2 rings (SSSR count). The van der Waals surface area contributed by atoms with Gasteiger partial charge in [0.15, 0.2) is 13.8 Å². The highest BCUT2D eigenvalue weighted by Gasteiger charge is 2.31. The van der Waals surface area contributed by atoms with E-state index in [1.54, 1.807) is 0 Å². The van der Waals surface area contributed by atoms with Crippen molar-refractivity contribution in [3.05, 3.63) is 14.5 Å². The zero-order chi connectivity index (χ0) is 14.0. The average molecular weight is 320 g/mol. The molecular formula is C11H16N2O3S3. The maximum Gasteiger partial charge on any atom is 0.225 e. The van der Waals surface area contributed by atoms with Gasteiger partial charge in [0.25, 0.3) is 0 Å². The van der Waals surface area contributed by atoms with E-state index in [0.29, 0.717) is 16.8 Å². The topological polar surface area (TPSA) is 79.0 Å². The molecule has 1 atom stereocenters. The van der Waals surface area contributed by atoms with Gasteiger partial charge in [0.1, 0.15) is 0 Å². The van der Waals surface area contributed by atoms with E-state index in [4.69, 9.17) is 12.2 Å². The fourth-order valence-electron chi connectivity index (χ4n) is 2.13. The Morgan fingerprint density at radius 3 is 2.84 bits per heavy atom. The molecule has 0 spiro atoms. The lowest BCUT2D eigenvalue weighted by atomic mass is 10.2. The number of carbonyl (C=O) groups excluding carboxylic acids is 1. The number of hydrogen-bond acceptors (Lipinski definition) is 5. The molecule has 1 aliphatic heterocycles. The molecule has 1 fully saturated rings. The fraction of sp³-hybridized carbons (Fsp3) is 0.636. The van der Waals surface area contributed by atoms with Crippen molar-refractivity contribution < 1.29 is 13.2 Å². The molecule has 0 radical (unpaired) electrons. The summed E-state index contributed by atoms with van der Waals surface area (Å²) < 4.78 is 23.9. The molecule has 1 aliphatic rings. The predicted octanol–water partition coefficient (Wildman–Crippen LogP) is 1.35. The van der Waals surface area contributed by atoms with E-state index in [0.717, 1.165) is 10.6 Å². The zero-order valence-corrected chi connectivity index (χ0v) is 13.0. The number of H-pyrrole nitrogens is 1. The van der Waals surface area contributed by atoms with Crippen LogP contribution in [-0.2, 0) is 21.1 Å². The van der Waals surface area contributed by atoms with Crippen LogP contribution in [0.25, 0.3) is 0 Å². The molecule has 1 aromatic heterocycles. The summed E-state index contributed by atoms with van der Waals surface area (Å²) in [6.07, 6.45) is 1.59. The normalized spacial score (nSPS) is 21.4. The van der Waals surface area contributed by atoms with Crippen molar-refractivity contribution in [2.24, 2.45) is 0 Å². The number of nitrogens with one attached hydrogen (secondary N) is 2. The molecule has 106 valence electrons. The van der Waals surface area contributed by atoms with Crippen molar-refractivity contribution in [1.82, 2.24) is 10.3 Å². The molecule has 0 unspecified atom stereocenters. The molecule has 0 bridgehead atoms. The van der Waals surface area contributed by atoms with Gasteiger partial charge in [-0.15, -0.1) is 11.3 Å². The van der Waals surface area contributed by atoms with Crippen LogP contribution < -0.4 is 5.32 Å². The minimum Gasteiger partial charge on any atom is -0.354 e. The van der Waals surface area contributed by atoms with E-state index in [2.05, 4.69) is 10.3 Å². The number of amides is 1. The largest absolute Gasteiger partial charge is 0.354 e. The Labute approximate surface area is 121 Å². The zero-order valence-electron chi connectivity index (χ0n) is 10.6. The third-order valence-electron chi connectivity index (χ3n) is 3.23. The highest BCUT2D eigenvalue weighted by atomic mass is 32.2. The number of aromatic nitrogens is 1. The molecule has 19 heavy (non-hydrogen) atoms. The standard InChI is InChI=1S/C11H16N2O3S3/c1-7-9(18-11(17)13-7)5-10(14)12-6-8-3-2-4-19(8,15)16/h8H,2-6H2,1H3,(H,12,14)(H,13,17)/t8-/m0/s1. The Morgan fingerprint density at radius 2 is 2.32 bits per heavy atom. The molecular weight excluding hydrogens is 304 g/mol. The number of thiazole rings is 1. The van der Waals surface area contributed by atoms with Crippen LogP contribution in [0.15, 0.2) is 0 Å². The maximum atomic E-state index is 11.8. The summed E-state index contributed by atoms with van der Waals surface area (Å²) in [7, 11) is -2.99. The first-order chi connectivity index (χ1) is 8.88.